The lowest BCUT2D eigenvalue weighted by atomic mass is 10.1. The normalized spacial score (nSPS) is 12.2. The van der Waals surface area contributed by atoms with E-state index in [-0.39, 0.29) is 36.1 Å². The predicted molar refractivity (Wildman–Crippen MR) is 84.1 cm³/mol. The van der Waals surface area contributed by atoms with Gasteiger partial charge in [-0.2, -0.15) is 0 Å². The van der Waals surface area contributed by atoms with E-state index in [4.69, 9.17) is 10.5 Å². The Labute approximate surface area is 131 Å². The molecule has 0 aliphatic heterocycles. The molecule has 0 spiro atoms. The second kappa shape index (κ2) is 7.68. The van der Waals surface area contributed by atoms with Gasteiger partial charge in [-0.3, -0.25) is 4.79 Å². The van der Waals surface area contributed by atoms with Crippen molar-refractivity contribution in [3.05, 3.63) is 29.8 Å². The summed E-state index contributed by atoms with van der Waals surface area (Å²) in [6.07, 6.45) is 0. The minimum atomic E-state index is -3.67. The molecular weight excluding hydrogens is 306 g/mol. The summed E-state index contributed by atoms with van der Waals surface area (Å²) in [6, 6.07) is 5.84. The molecule has 1 rings (SSSR count). The van der Waals surface area contributed by atoms with Crippen molar-refractivity contribution >= 4 is 15.9 Å². The third kappa shape index (κ3) is 5.38. The lowest BCUT2D eigenvalue weighted by Crippen LogP contribution is -2.48. The number of nitrogens with two attached hydrogens (primary N) is 1. The van der Waals surface area contributed by atoms with E-state index < -0.39 is 15.6 Å². The van der Waals surface area contributed by atoms with Crippen LogP contribution < -0.4 is 15.8 Å². The van der Waals surface area contributed by atoms with Crippen LogP contribution in [-0.2, 0) is 14.8 Å². The predicted octanol–water partition coefficient (Wildman–Crippen LogP) is 0.0784. The third-order valence-corrected chi connectivity index (χ3v) is 4.43. The minimum absolute atomic E-state index is 0.0295. The molecule has 1 amide bonds. The molecule has 0 saturated carbocycles. The number of amides is 1. The molecule has 0 aliphatic rings. The van der Waals surface area contributed by atoms with E-state index in [2.05, 4.69) is 10.0 Å². The fourth-order valence-electron chi connectivity index (χ4n) is 1.60. The van der Waals surface area contributed by atoms with E-state index in [0.717, 1.165) is 0 Å². The highest BCUT2D eigenvalue weighted by Gasteiger charge is 2.21. The zero-order valence-electron chi connectivity index (χ0n) is 13.0. The van der Waals surface area contributed by atoms with E-state index in [0.29, 0.717) is 0 Å². The van der Waals surface area contributed by atoms with Gasteiger partial charge in [0.15, 0.2) is 0 Å². The molecule has 4 N–H and O–H groups in total. The average Bonchev–Trinajstić information content (AvgIpc) is 2.47. The molecule has 0 aromatic heterocycles. The summed E-state index contributed by atoms with van der Waals surface area (Å²) >= 11 is 0. The molecule has 124 valence electrons. The van der Waals surface area contributed by atoms with Crippen molar-refractivity contribution in [2.75, 3.05) is 26.8 Å². The average molecular weight is 329 g/mol. The zero-order chi connectivity index (χ0) is 16.8. The number of benzene rings is 1. The van der Waals surface area contributed by atoms with Crippen molar-refractivity contribution in [2.45, 2.75) is 24.3 Å². The van der Waals surface area contributed by atoms with Crippen molar-refractivity contribution in [3.8, 4) is 0 Å². The zero-order valence-corrected chi connectivity index (χ0v) is 13.9. The SMILES string of the molecule is COCCNS(=O)(=O)c1cccc(C(=O)NC(C)(C)CN)c1. The van der Waals surface area contributed by atoms with Crippen LogP contribution >= 0.6 is 0 Å². The van der Waals surface area contributed by atoms with E-state index in [9.17, 15) is 13.2 Å². The molecule has 0 radical (unpaired) electrons. The van der Waals surface area contributed by atoms with Gasteiger partial charge in [0.1, 0.15) is 0 Å². The molecule has 0 saturated heterocycles. The Kier molecular flexibility index (Phi) is 6.48. The van der Waals surface area contributed by atoms with Crippen LogP contribution in [0, 0.1) is 0 Å². The van der Waals surface area contributed by atoms with E-state index in [1.807, 2.05) is 0 Å². The first kappa shape index (κ1) is 18.6. The first-order valence-electron chi connectivity index (χ1n) is 6.83. The van der Waals surface area contributed by atoms with Crippen LogP contribution in [0.4, 0.5) is 0 Å². The number of methoxy groups -OCH3 is 1. The minimum Gasteiger partial charge on any atom is -0.383 e. The Bertz CT molecular complexity index is 614. The molecule has 0 atom stereocenters. The molecule has 8 heteroatoms. The molecule has 1 aromatic carbocycles. The molecule has 0 heterocycles. The molecule has 0 aliphatic carbocycles. The Hall–Kier alpha value is -1.48. The van der Waals surface area contributed by atoms with Gasteiger partial charge < -0.3 is 15.8 Å². The van der Waals surface area contributed by atoms with Crippen LogP contribution in [-0.4, -0.2) is 46.7 Å². The van der Waals surface area contributed by atoms with Gasteiger partial charge in [-0.25, -0.2) is 13.1 Å². The van der Waals surface area contributed by atoms with Gasteiger partial charge in [0.05, 0.1) is 11.5 Å². The van der Waals surface area contributed by atoms with Gasteiger partial charge in [0, 0.05) is 31.3 Å². The van der Waals surface area contributed by atoms with Gasteiger partial charge >= 0.3 is 0 Å². The van der Waals surface area contributed by atoms with Crippen LogP contribution in [0.15, 0.2) is 29.2 Å². The van der Waals surface area contributed by atoms with Gasteiger partial charge in [0.2, 0.25) is 10.0 Å². The topological polar surface area (TPSA) is 111 Å². The summed E-state index contributed by atoms with van der Waals surface area (Å²) in [6.45, 7) is 4.28. The van der Waals surface area contributed by atoms with E-state index in [1.54, 1.807) is 19.9 Å². The van der Waals surface area contributed by atoms with E-state index in [1.165, 1.54) is 25.3 Å². The van der Waals surface area contributed by atoms with Gasteiger partial charge in [0.25, 0.3) is 5.91 Å². The van der Waals surface area contributed by atoms with Gasteiger partial charge in [-0.15, -0.1) is 0 Å². The molecule has 0 unspecified atom stereocenters. The largest absolute Gasteiger partial charge is 0.383 e. The quantitative estimate of drug-likeness (QED) is 0.585. The lowest BCUT2D eigenvalue weighted by Gasteiger charge is -2.24. The van der Waals surface area contributed by atoms with Gasteiger partial charge in [-0.05, 0) is 32.0 Å². The smallest absolute Gasteiger partial charge is 0.251 e. The summed E-state index contributed by atoms with van der Waals surface area (Å²) in [5.41, 5.74) is 5.26. The summed E-state index contributed by atoms with van der Waals surface area (Å²) < 4.78 is 31.4. The molecule has 0 fully saturated rings. The fourth-order valence-corrected chi connectivity index (χ4v) is 2.66. The summed E-state index contributed by atoms with van der Waals surface area (Å²) in [4.78, 5) is 12.2. The van der Waals surface area contributed by atoms with Crippen molar-refractivity contribution in [2.24, 2.45) is 5.73 Å². The fraction of sp³-hybridized carbons (Fsp3) is 0.500. The van der Waals surface area contributed by atoms with Crippen LogP contribution in [0.25, 0.3) is 0 Å². The Balaban J connectivity index is 2.92. The molecule has 0 bridgehead atoms. The maximum absolute atomic E-state index is 12.2. The van der Waals surface area contributed by atoms with Crippen LogP contribution in [0.1, 0.15) is 24.2 Å². The second-order valence-electron chi connectivity index (χ2n) is 5.46. The highest BCUT2D eigenvalue weighted by atomic mass is 32.2. The number of carbonyl (C=O) groups is 1. The number of sulfonamides is 1. The monoisotopic (exact) mass is 329 g/mol. The number of nitrogens with one attached hydrogen (secondary N) is 2. The molecular formula is C14H23N3O4S. The number of hydrogen-bond donors (Lipinski definition) is 3. The van der Waals surface area contributed by atoms with Crippen LogP contribution in [0.2, 0.25) is 0 Å². The maximum Gasteiger partial charge on any atom is 0.251 e. The number of carbonyl (C=O) groups excluding carboxylic acids is 1. The Morgan fingerprint density at radius 3 is 2.64 bits per heavy atom. The molecule has 1 aromatic rings. The third-order valence-electron chi connectivity index (χ3n) is 2.97. The number of ether oxygens (including phenoxy) is 1. The summed E-state index contributed by atoms with van der Waals surface area (Å²) in [7, 11) is -2.19. The molecule has 7 nitrogen and oxygen atoms in total. The van der Waals surface area contributed by atoms with Gasteiger partial charge in [-0.1, -0.05) is 6.07 Å². The summed E-state index contributed by atoms with van der Waals surface area (Å²) in [5, 5.41) is 2.75. The van der Waals surface area contributed by atoms with Crippen molar-refractivity contribution in [1.82, 2.24) is 10.0 Å². The van der Waals surface area contributed by atoms with Crippen molar-refractivity contribution in [3.63, 3.8) is 0 Å². The first-order chi connectivity index (χ1) is 10.2. The second-order valence-corrected chi connectivity index (χ2v) is 7.23. The van der Waals surface area contributed by atoms with E-state index >= 15 is 0 Å². The van der Waals surface area contributed by atoms with Crippen molar-refractivity contribution in [1.29, 1.82) is 0 Å². The maximum atomic E-state index is 12.2. The number of rotatable bonds is 8. The highest BCUT2D eigenvalue weighted by Crippen LogP contribution is 2.12. The highest BCUT2D eigenvalue weighted by molar-refractivity contribution is 7.89. The summed E-state index contributed by atoms with van der Waals surface area (Å²) in [5.74, 6) is -0.371. The van der Waals surface area contributed by atoms with Crippen molar-refractivity contribution < 1.29 is 17.9 Å². The lowest BCUT2D eigenvalue weighted by molar-refractivity contribution is 0.0915. The van der Waals surface area contributed by atoms with Crippen LogP contribution in [0.5, 0.6) is 0 Å². The Morgan fingerprint density at radius 1 is 1.36 bits per heavy atom. The standard InChI is InChI=1S/C14H23N3O4S/c1-14(2,10-15)17-13(18)11-5-4-6-12(9-11)22(19,20)16-7-8-21-3/h4-6,9,16H,7-8,10,15H2,1-3H3,(H,17,18). The number of hydrogen-bond acceptors (Lipinski definition) is 5. The first-order valence-corrected chi connectivity index (χ1v) is 8.31. The Morgan fingerprint density at radius 2 is 2.05 bits per heavy atom. The molecule has 22 heavy (non-hydrogen) atoms. The van der Waals surface area contributed by atoms with Crippen LogP contribution in [0.3, 0.4) is 0 Å².